The van der Waals surface area contributed by atoms with Gasteiger partial charge in [0.25, 0.3) is 0 Å². The average molecular weight is 232 g/mol. The average Bonchev–Trinajstić information content (AvgIpc) is 2.26. The molecule has 0 radical (unpaired) electrons. The van der Waals surface area contributed by atoms with Gasteiger partial charge in [-0.1, -0.05) is 42.0 Å². The van der Waals surface area contributed by atoms with Crippen molar-refractivity contribution in [1.29, 1.82) is 0 Å². The van der Waals surface area contributed by atoms with Crippen LogP contribution in [-0.4, -0.2) is 13.9 Å². The lowest BCUT2D eigenvalue weighted by molar-refractivity contribution is 0.0671. The maximum atomic E-state index is 6.51. The van der Waals surface area contributed by atoms with Crippen molar-refractivity contribution in [2.45, 2.75) is 85.5 Å². The predicted molar refractivity (Wildman–Crippen MR) is 74.0 cm³/mol. The molecule has 15 heavy (non-hydrogen) atoms. The van der Waals surface area contributed by atoms with Gasteiger partial charge in [0, 0.05) is 0 Å². The molecule has 2 heteroatoms. The first-order valence-electron chi connectivity index (χ1n) is 6.21. The minimum Gasteiger partial charge on any atom is -0.412 e. The molecule has 0 amide bonds. The van der Waals surface area contributed by atoms with E-state index in [2.05, 4.69) is 41.5 Å². The van der Waals surface area contributed by atoms with Crippen molar-refractivity contribution in [2.75, 3.05) is 0 Å². The van der Waals surface area contributed by atoms with E-state index in [0.717, 1.165) is 12.8 Å². The smallest absolute Gasteiger partial charge is 0.192 e. The zero-order valence-electron chi connectivity index (χ0n) is 10.9. The molecule has 0 N–H and O–H groups in total. The van der Waals surface area contributed by atoms with Crippen LogP contribution in [-0.2, 0) is 4.43 Å². The zero-order chi connectivity index (χ0) is 11.2. The molecule has 0 aromatic rings. The Morgan fingerprint density at radius 2 is 1.20 bits per heavy atom. The van der Waals surface area contributed by atoms with E-state index >= 15 is 0 Å². The summed E-state index contributed by atoms with van der Waals surface area (Å²) in [6.45, 7) is 13.6. The topological polar surface area (TPSA) is 9.23 Å². The van der Waals surface area contributed by atoms with Crippen molar-refractivity contribution in [3.8, 4) is 0 Å². The van der Waals surface area contributed by atoms with Gasteiger partial charge in [-0.3, -0.25) is 0 Å². The maximum absolute atomic E-state index is 6.51. The normalized spacial score (nSPS) is 12.4. The van der Waals surface area contributed by atoms with Crippen molar-refractivity contribution >= 4 is 8.32 Å². The third kappa shape index (κ3) is 4.69. The second kappa shape index (κ2) is 7.45. The number of hydrogen-bond acceptors (Lipinski definition) is 1. The Morgan fingerprint density at radius 3 is 1.40 bits per heavy atom. The molecule has 0 fully saturated rings. The third-order valence-electron chi connectivity index (χ3n) is 3.89. The molecule has 0 bridgehead atoms. The Kier molecular flexibility index (Phi) is 8.73. The fraction of sp³-hybridized carbons (Fsp3) is 1.00. The van der Waals surface area contributed by atoms with Crippen molar-refractivity contribution in [3.05, 3.63) is 0 Å². The van der Waals surface area contributed by atoms with Gasteiger partial charge in [0.1, 0.15) is 0 Å². The van der Waals surface area contributed by atoms with Crippen LogP contribution in [0.2, 0.25) is 18.1 Å². The first-order chi connectivity index (χ1) is 6.51. The van der Waals surface area contributed by atoms with E-state index in [1.54, 1.807) is 0 Å². The second-order valence-corrected chi connectivity index (χ2v) is 9.19. The van der Waals surface area contributed by atoms with Crippen molar-refractivity contribution in [2.24, 2.45) is 0 Å². The van der Waals surface area contributed by atoms with Crippen LogP contribution in [0.3, 0.4) is 0 Å². The summed E-state index contributed by atoms with van der Waals surface area (Å²) in [4.78, 5) is 0. The molecular formula is C13H32OSi. The molecule has 94 valence electrons. The van der Waals surface area contributed by atoms with Gasteiger partial charge in [0.05, 0.1) is 5.60 Å². The molecular weight excluding hydrogens is 200 g/mol. The SMILES string of the molecule is C.CCC(C)(CC)O[Si](CC)(CC)CC. The van der Waals surface area contributed by atoms with Crippen molar-refractivity contribution in [3.63, 3.8) is 0 Å². The highest BCUT2D eigenvalue weighted by atomic mass is 28.4. The van der Waals surface area contributed by atoms with Crippen LogP contribution in [0.5, 0.6) is 0 Å². The zero-order valence-corrected chi connectivity index (χ0v) is 11.9. The van der Waals surface area contributed by atoms with Crippen LogP contribution in [0.4, 0.5) is 0 Å². The number of hydrogen-bond donors (Lipinski definition) is 0. The quantitative estimate of drug-likeness (QED) is 0.547. The highest BCUT2D eigenvalue weighted by Gasteiger charge is 2.35. The van der Waals surface area contributed by atoms with Crippen LogP contribution in [0.15, 0.2) is 0 Å². The van der Waals surface area contributed by atoms with Gasteiger partial charge < -0.3 is 4.43 Å². The van der Waals surface area contributed by atoms with Gasteiger partial charge >= 0.3 is 0 Å². The second-order valence-electron chi connectivity index (χ2n) is 4.50. The van der Waals surface area contributed by atoms with Gasteiger partial charge in [-0.25, -0.2) is 0 Å². The van der Waals surface area contributed by atoms with Gasteiger partial charge in [0.15, 0.2) is 8.32 Å². The molecule has 0 unspecified atom stereocenters. The minimum atomic E-state index is -1.39. The first-order valence-corrected chi connectivity index (χ1v) is 8.74. The molecule has 0 atom stereocenters. The molecule has 0 aromatic carbocycles. The molecule has 0 spiro atoms. The molecule has 0 heterocycles. The van der Waals surface area contributed by atoms with Gasteiger partial charge in [0.2, 0.25) is 0 Å². The largest absolute Gasteiger partial charge is 0.412 e. The number of rotatable bonds is 7. The highest BCUT2D eigenvalue weighted by Crippen LogP contribution is 2.31. The molecule has 0 aliphatic heterocycles. The molecule has 0 saturated heterocycles. The van der Waals surface area contributed by atoms with Crippen molar-refractivity contribution < 1.29 is 4.43 Å². The van der Waals surface area contributed by atoms with Crippen LogP contribution in [0.25, 0.3) is 0 Å². The predicted octanol–water partition coefficient (Wildman–Crippen LogP) is 5.22. The van der Waals surface area contributed by atoms with Crippen LogP contribution in [0, 0.1) is 0 Å². The van der Waals surface area contributed by atoms with Gasteiger partial charge in [-0.2, -0.15) is 0 Å². The Morgan fingerprint density at radius 1 is 0.867 bits per heavy atom. The van der Waals surface area contributed by atoms with E-state index in [9.17, 15) is 0 Å². The van der Waals surface area contributed by atoms with E-state index in [1.807, 2.05) is 0 Å². The van der Waals surface area contributed by atoms with Crippen molar-refractivity contribution in [1.82, 2.24) is 0 Å². The van der Waals surface area contributed by atoms with E-state index in [-0.39, 0.29) is 13.0 Å². The summed E-state index contributed by atoms with van der Waals surface area (Å²) in [5, 5.41) is 0. The molecule has 0 aliphatic rings. The summed E-state index contributed by atoms with van der Waals surface area (Å²) in [5.41, 5.74) is 0.133. The van der Waals surface area contributed by atoms with E-state index in [0.29, 0.717) is 0 Å². The summed E-state index contributed by atoms with van der Waals surface area (Å²) in [6, 6.07) is 3.78. The van der Waals surface area contributed by atoms with E-state index in [1.165, 1.54) is 18.1 Å². The summed E-state index contributed by atoms with van der Waals surface area (Å²) in [5.74, 6) is 0. The summed E-state index contributed by atoms with van der Waals surface area (Å²) < 4.78 is 6.51. The molecule has 0 saturated carbocycles. The minimum absolute atomic E-state index is 0. The van der Waals surface area contributed by atoms with Crippen LogP contribution < -0.4 is 0 Å². The highest BCUT2D eigenvalue weighted by molar-refractivity contribution is 6.73. The van der Waals surface area contributed by atoms with E-state index in [4.69, 9.17) is 4.43 Å². The lowest BCUT2D eigenvalue weighted by Crippen LogP contribution is -2.45. The summed E-state index contributed by atoms with van der Waals surface area (Å²) in [7, 11) is -1.39. The Bertz CT molecular complexity index is 140. The summed E-state index contributed by atoms with van der Waals surface area (Å²) >= 11 is 0. The van der Waals surface area contributed by atoms with Crippen LogP contribution >= 0.6 is 0 Å². The van der Waals surface area contributed by atoms with Gasteiger partial charge in [-0.05, 0) is 37.9 Å². The standard InChI is InChI=1S/C12H28OSi.CH4/c1-7-12(6,8-2)13-14(9-3,10-4)11-5;/h7-11H2,1-6H3;1H4. The lowest BCUT2D eigenvalue weighted by Gasteiger charge is -2.39. The molecule has 0 aliphatic carbocycles. The van der Waals surface area contributed by atoms with Crippen LogP contribution in [0.1, 0.15) is 61.8 Å². The monoisotopic (exact) mass is 232 g/mol. The fourth-order valence-electron chi connectivity index (χ4n) is 1.88. The van der Waals surface area contributed by atoms with Gasteiger partial charge in [-0.15, -0.1) is 0 Å². The maximum Gasteiger partial charge on any atom is 0.192 e. The Hall–Kier alpha value is 0.177. The molecule has 1 nitrogen and oxygen atoms in total. The lowest BCUT2D eigenvalue weighted by atomic mass is 10.0. The molecule has 0 rings (SSSR count). The Balaban J connectivity index is 0. The third-order valence-corrected chi connectivity index (χ3v) is 8.68. The fourth-order valence-corrected chi connectivity index (χ4v) is 5.15. The summed E-state index contributed by atoms with van der Waals surface area (Å²) in [6.07, 6.45) is 2.27. The molecule has 0 aromatic heterocycles. The van der Waals surface area contributed by atoms with E-state index < -0.39 is 8.32 Å². The first kappa shape index (κ1) is 17.6. The Labute approximate surface area is 98.7 Å².